The number of anilines is 1. The quantitative estimate of drug-likeness (QED) is 0.470. The smallest absolute Gasteiger partial charge is 0.326 e. The van der Waals surface area contributed by atoms with Crippen molar-refractivity contribution in [3.63, 3.8) is 0 Å². The first-order chi connectivity index (χ1) is 13.4. The molecule has 1 radical (unpaired) electrons. The first kappa shape index (κ1) is 25.0. The SMILES string of the molecule is Cc1ccc(Cc2cc(O)c(N3CC(=O)NS3(=O)=O)c(F)c2)c(OS(C)(=O)=O)c1.[K]. The van der Waals surface area contributed by atoms with E-state index in [1.165, 1.54) is 6.07 Å². The van der Waals surface area contributed by atoms with E-state index in [-0.39, 0.29) is 69.1 Å². The molecule has 157 valence electrons. The Morgan fingerprint density at radius 2 is 1.93 bits per heavy atom. The summed E-state index contributed by atoms with van der Waals surface area (Å²) >= 11 is 0. The number of phenols is 1. The molecule has 1 amide bonds. The van der Waals surface area contributed by atoms with Gasteiger partial charge < -0.3 is 9.29 Å². The molecule has 2 N–H and O–H groups in total. The van der Waals surface area contributed by atoms with Crippen LogP contribution in [-0.4, -0.2) is 92.0 Å². The van der Waals surface area contributed by atoms with Crippen molar-refractivity contribution in [3.8, 4) is 11.5 Å². The topological polar surface area (TPSA) is 130 Å². The number of aryl methyl sites for hydroxylation is 1. The number of nitrogens with zero attached hydrogens (tertiary/aromatic N) is 1. The third-order valence-corrected chi connectivity index (χ3v) is 5.89. The van der Waals surface area contributed by atoms with Gasteiger partial charge in [-0.25, -0.2) is 13.4 Å². The van der Waals surface area contributed by atoms with E-state index in [2.05, 4.69) is 0 Å². The molecule has 1 fully saturated rings. The summed E-state index contributed by atoms with van der Waals surface area (Å²) in [5, 5.41) is 10.2. The van der Waals surface area contributed by atoms with E-state index in [9.17, 15) is 31.1 Å². The van der Waals surface area contributed by atoms with Crippen LogP contribution in [0.1, 0.15) is 16.7 Å². The van der Waals surface area contributed by atoms with E-state index < -0.39 is 50.0 Å². The molecule has 0 saturated carbocycles. The van der Waals surface area contributed by atoms with Crippen molar-refractivity contribution in [1.82, 2.24) is 4.72 Å². The molecule has 0 bridgehead atoms. The Hall–Kier alpha value is -1.22. The normalized spacial score (nSPS) is 15.4. The maximum absolute atomic E-state index is 14.6. The monoisotopic (exact) mass is 483 g/mol. The zero-order valence-electron chi connectivity index (χ0n) is 16.3. The summed E-state index contributed by atoms with van der Waals surface area (Å²) in [6, 6.07) is 6.96. The van der Waals surface area contributed by atoms with Gasteiger partial charge in [0.1, 0.15) is 23.7 Å². The van der Waals surface area contributed by atoms with Gasteiger partial charge in [0, 0.05) is 63.4 Å². The summed E-state index contributed by atoms with van der Waals surface area (Å²) in [6.45, 7) is 1.08. The van der Waals surface area contributed by atoms with Gasteiger partial charge in [-0.1, -0.05) is 12.1 Å². The minimum absolute atomic E-state index is 0. The van der Waals surface area contributed by atoms with Crippen LogP contribution in [0.4, 0.5) is 10.1 Å². The number of nitrogens with one attached hydrogen (secondary N) is 1. The Balaban J connectivity index is 0.00000320. The van der Waals surface area contributed by atoms with Crippen LogP contribution in [0.25, 0.3) is 0 Å². The Morgan fingerprint density at radius 1 is 1.27 bits per heavy atom. The van der Waals surface area contributed by atoms with Crippen LogP contribution in [0.15, 0.2) is 30.3 Å². The second-order valence-corrected chi connectivity index (χ2v) is 9.73. The number of hydrogen-bond donors (Lipinski definition) is 2. The van der Waals surface area contributed by atoms with Crippen LogP contribution in [0.2, 0.25) is 0 Å². The Bertz CT molecular complexity index is 1190. The van der Waals surface area contributed by atoms with Crippen LogP contribution in [0.3, 0.4) is 0 Å². The van der Waals surface area contributed by atoms with Crippen molar-refractivity contribution in [2.45, 2.75) is 13.3 Å². The van der Waals surface area contributed by atoms with Gasteiger partial charge in [-0.2, -0.15) is 16.8 Å². The van der Waals surface area contributed by atoms with Crippen molar-refractivity contribution < 1.29 is 35.3 Å². The Labute approximate surface area is 216 Å². The molecule has 0 unspecified atom stereocenters. The van der Waals surface area contributed by atoms with Gasteiger partial charge in [0.2, 0.25) is 0 Å². The van der Waals surface area contributed by atoms with Crippen molar-refractivity contribution >= 4 is 83.3 Å². The minimum atomic E-state index is -4.29. The first-order valence-corrected chi connectivity index (χ1v) is 11.4. The molecule has 0 aliphatic carbocycles. The van der Waals surface area contributed by atoms with Gasteiger partial charge in [-0.05, 0) is 36.2 Å². The molecule has 1 aliphatic rings. The minimum Gasteiger partial charge on any atom is -0.506 e. The molecule has 2 aromatic carbocycles. The molecule has 0 spiro atoms. The zero-order valence-corrected chi connectivity index (χ0v) is 21.1. The summed E-state index contributed by atoms with van der Waals surface area (Å²) in [5.41, 5.74) is 0.747. The number of halogens is 1. The van der Waals surface area contributed by atoms with E-state index in [0.29, 0.717) is 9.87 Å². The van der Waals surface area contributed by atoms with Gasteiger partial charge in [-0.15, -0.1) is 0 Å². The van der Waals surface area contributed by atoms with Gasteiger partial charge in [0.15, 0.2) is 5.82 Å². The number of carbonyl (C=O) groups excluding carboxylic acids is 1. The fourth-order valence-corrected chi connectivity index (χ4v) is 4.55. The second-order valence-electron chi connectivity index (χ2n) is 6.56. The third-order valence-electron chi connectivity index (χ3n) is 4.03. The summed E-state index contributed by atoms with van der Waals surface area (Å²) in [5.74, 6) is -2.53. The van der Waals surface area contributed by atoms with E-state index in [0.717, 1.165) is 24.0 Å². The molecular weight excluding hydrogens is 466 g/mol. The maximum Gasteiger partial charge on any atom is 0.326 e. The molecule has 1 saturated heterocycles. The molecule has 3 rings (SSSR count). The van der Waals surface area contributed by atoms with Gasteiger partial charge in [-0.3, -0.25) is 4.79 Å². The van der Waals surface area contributed by atoms with Crippen LogP contribution in [0, 0.1) is 12.7 Å². The summed E-state index contributed by atoms with van der Waals surface area (Å²) in [7, 11) is -8.09. The van der Waals surface area contributed by atoms with E-state index >= 15 is 0 Å². The second kappa shape index (κ2) is 9.10. The number of hydrogen-bond acceptors (Lipinski definition) is 7. The first-order valence-electron chi connectivity index (χ1n) is 8.19. The molecule has 1 aliphatic heterocycles. The molecular formula is C17H17FKN2O7S2. The molecule has 2 aromatic rings. The number of phenolic OH excluding ortho intramolecular Hbond substituents is 1. The molecule has 9 nitrogen and oxygen atoms in total. The van der Waals surface area contributed by atoms with Crippen LogP contribution >= 0.6 is 0 Å². The van der Waals surface area contributed by atoms with Crippen LogP contribution in [0.5, 0.6) is 11.5 Å². The Morgan fingerprint density at radius 3 is 2.47 bits per heavy atom. The third kappa shape index (κ3) is 5.72. The number of benzene rings is 2. The number of aromatic hydroxyl groups is 1. The summed E-state index contributed by atoms with van der Waals surface area (Å²) in [6.07, 6.45) is 0.894. The fraction of sp³-hybridized carbons (Fsp3) is 0.235. The molecule has 1 heterocycles. The average molecular weight is 484 g/mol. The zero-order chi connectivity index (χ0) is 21.6. The van der Waals surface area contributed by atoms with Gasteiger partial charge >= 0.3 is 20.3 Å². The number of rotatable bonds is 5. The van der Waals surface area contributed by atoms with E-state index in [1.54, 1.807) is 23.8 Å². The molecule has 0 aromatic heterocycles. The van der Waals surface area contributed by atoms with Crippen LogP contribution < -0.4 is 13.2 Å². The predicted octanol–water partition coefficient (Wildman–Crippen LogP) is 0.569. The molecule has 30 heavy (non-hydrogen) atoms. The van der Waals surface area contributed by atoms with E-state index in [1.807, 2.05) is 0 Å². The largest absolute Gasteiger partial charge is 0.506 e. The number of carbonyl (C=O) groups is 1. The maximum atomic E-state index is 14.6. The Kier molecular flexibility index (Phi) is 7.60. The number of amides is 1. The van der Waals surface area contributed by atoms with Gasteiger partial charge in [0.05, 0.1) is 6.26 Å². The van der Waals surface area contributed by atoms with Crippen molar-refractivity contribution in [3.05, 3.63) is 52.8 Å². The van der Waals surface area contributed by atoms with Crippen molar-refractivity contribution in [2.75, 3.05) is 17.1 Å². The van der Waals surface area contributed by atoms with E-state index in [4.69, 9.17) is 4.18 Å². The predicted molar refractivity (Wildman–Crippen MR) is 108 cm³/mol. The average Bonchev–Trinajstić information content (AvgIpc) is 2.80. The van der Waals surface area contributed by atoms with Crippen LogP contribution in [-0.2, 0) is 31.5 Å². The van der Waals surface area contributed by atoms with Gasteiger partial charge in [0.25, 0.3) is 5.91 Å². The molecule has 0 atom stereocenters. The summed E-state index contributed by atoms with van der Waals surface area (Å²) in [4.78, 5) is 11.4. The van der Waals surface area contributed by atoms with Crippen molar-refractivity contribution in [1.29, 1.82) is 0 Å². The summed E-state index contributed by atoms with van der Waals surface area (Å²) < 4.78 is 68.5. The molecule has 13 heteroatoms. The fourth-order valence-electron chi connectivity index (χ4n) is 2.90. The van der Waals surface area contributed by atoms with Crippen molar-refractivity contribution in [2.24, 2.45) is 0 Å². The standard InChI is InChI=1S/C17H17FN2O7S2.K/c1-10-3-4-12(15(5-10)27-28(2,23)24)6-11-7-13(18)17(14(21)8-11)20-9-16(22)19-29(20,25)26;/h3-5,7-8,21H,6,9H2,1-2H3,(H,19,22);.